The van der Waals surface area contributed by atoms with Gasteiger partial charge in [0.2, 0.25) is 5.91 Å². The maximum absolute atomic E-state index is 12.7. The lowest BCUT2D eigenvalue weighted by atomic mass is 9.97. The van der Waals surface area contributed by atoms with E-state index in [9.17, 15) is 9.59 Å². The normalized spacial score (nSPS) is 16.8. The third-order valence-electron chi connectivity index (χ3n) is 4.53. The van der Waals surface area contributed by atoms with Gasteiger partial charge in [0.15, 0.2) is 0 Å². The van der Waals surface area contributed by atoms with Crippen LogP contribution >= 0.6 is 15.9 Å². The van der Waals surface area contributed by atoms with E-state index in [0.29, 0.717) is 32.1 Å². The van der Waals surface area contributed by atoms with Gasteiger partial charge in [0.1, 0.15) is 5.82 Å². The first-order valence-electron chi connectivity index (χ1n) is 9.05. The minimum absolute atomic E-state index is 0.0958. The van der Waals surface area contributed by atoms with Gasteiger partial charge in [-0.25, -0.2) is 9.48 Å². The summed E-state index contributed by atoms with van der Waals surface area (Å²) in [6.07, 6.45) is 2.85. The lowest BCUT2D eigenvalue weighted by Crippen LogP contribution is -2.44. The van der Waals surface area contributed by atoms with Crippen molar-refractivity contribution in [2.24, 2.45) is 5.92 Å². The number of carbonyl (C=O) groups excluding carboxylic acids is 2. The van der Waals surface area contributed by atoms with E-state index >= 15 is 0 Å². The number of anilines is 1. The number of likely N-dealkylation sites (tertiary alicyclic amines) is 1. The Morgan fingerprint density at radius 1 is 1.30 bits per heavy atom. The van der Waals surface area contributed by atoms with Crippen molar-refractivity contribution in [2.45, 2.75) is 26.3 Å². The molecule has 0 spiro atoms. The summed E-state index contributed by atoms with van der Waals surface area (Å²) in [7, 11) is 0. The van der Waals surface area contributed by atoms with Crippen molar-refractivity contribution in [2.75, 3.05) is 25.0 Å². The van der Waals surface area contributed by atoms with Gasteiger partial charge >= 0.3 is 6.09 Å². The Hall–Kier alpha value is -2.35. The van der Waals surface area contributed by atoms with Gasteiger partial charge in [-0.3, -0.25) is 4.79 Å². The molecule has 1 aliphatic heterocycles. The number of hydrogen-bond donors (Lipinski definition) is 1. The van der Waals surface area contributed by atoms with Gasteiger partial charge in [-0.05, 0) is 37.5 Å². The van der Waals surface area contributed by atoms with Crippen molar-refractivity contribution < 1.29 is 14.3 Å². The average molecular weight is 435 g/mol. The molecule has 2 aromatic rings. The van der Waals surface area contributed by atoms with Crippen LogP contribution in [0.5, 0.6) is 0 Å². The largest absolute Gasteiger partial charge is 0.450 e. The summed E-state index contributed by atoms with van der Waals surface area (Å²) < 4.78 is 7.82. The molecule has 1 aromatic heterocycles. The number of rotatable bonds is 5. The summed E-state index contributed by atoms with van der Waals surface area (Å²) in [4.78, 5) is 26.2. The number of nitrogens with one attached hydrogen (secondary N) is 1. The minimum atomic E-state index is -0.352. The molecule has 1 N–H and O–H groups in total. The van der Waals surface area contributed by atoms with Gasteiger partial charge in [0, 0.05) is 23.6 Å². The van der Waals surface area contributed by atoms with E-state index in [4.69, 9.17) is 4.74 Å². The quantitative estimate of drug-likeness (QED) is 0.780. The molecule has 0 aliphatic carbocycles. The number of benzene rings is 1. The van der Waals surface area contributed by atoms with E-state index in [1.807, 2.05) is 24.3 Å². The van der Waals surface area contributed by atoms with Crippen LogP contribution in [-0.2, 0) is 16.1 Å². The van der Waals surface area contributed by atoms with Crippen molar-refractivity contribution in [1.82, 2.24) is 14.7 Å². The van der Waals surface area contributed by atoms with Gasteiger partial charge < -0.3 is 15.0 Å². The van der Waals surface area contributed by atoms with Crippen molar-refractivity contribution >= 4 is 33.7 Å². The summed E-state index contributed by atoms with van der Waals surface area (Å²) in [5.41, 5.74) is 1.09. The molecule has 1 aromatic carbocycles. The van der Waals surface area contributed by atoms with Gasteiger partial charge in [-0.1, -0.05) is 28.1 Å². The van der Waals surface area contributed by atoms with Crippen LogP contribution in [-0.4, -0.2) is 46.4 Å². The van der Waals surface area contributed by atoms with E-state index in [1.165, 1.54) is 0 Å². The molecule has 1 unspecified atom stereocenters. The molecule has 1 atom stereocenters. The van der Waals surface area contributed by atoms with Gasteiger partial charge in [-0.15, -0.1) is 0 Å². The molecule has 0 saturated carbocycles. The number of carbonyl (C=O) groups is 2. The predicted molar refractivity (Wildman–Crippen MR) is 105 cm³/mol. The molecule has 1 aliphatic rings. The number of hydrogen-bond acceptors (Lipinski definition) is 4. The summed E-state index contributed by atoms with van der Waals surface area (Å²) in [5.74, 6) is 0.303. The Morgan fingerprint density at radius 2 is 2.07 bits per heavy atom. The van der Waals surface area contributed by atoms with E-state index in [-0.39, 0.29) is 17.9 Å². The Balaban J connectivity index is 1.62. The first-order valence-corrected chi connectivity index (χ1v) is 9.85. The zero-order valence-electron chi connectivity index (χ0n) is 15.2. The molecule has 0 bridgehead atoms. The second-order valence-electron chi connectivity index (χ2n) is 6.47. The SMILES string of the molecule is CCOC(=O)N1CCCC(C(=O)Nc2ccnn2Cc2ccc(Br)cc2)C1. The van der Waals surface area contributed by atoms with Crippen LogP contribution < -0.4 is 5.32 Å². The lowest BCUT2D eigenvalue weighted by Gasteiger charge is -2.31. The highest BCUT2D eigenvalue weighted by Gasteiger charge is 2.29. The zero-order chi connectivity index (χ0) is 19.2. The van der Waals surface area contributed by atoms with Crippen molar-refractivity contribution in [1.29, 1.82) is 0 Å². The van der Waals surface area contributed by atoms with Crippen LogP contribution in [0.25, 0.3) is 0 Å². The van der Waals surface area contributed by atoms with Crippen LogP contribution in [0.2, 0.25) is 0 Å². The molecule has 2 amide bonds. The highest BCUT2D eigenvalue weighted by atomic mass is 79.9. The molecule has 27 heavy (non-hydrogen) atoms. The summed E-state index contributed by atoms with van der Waals surface area (Å²) in [6, 6.07) is 9.75. The topological polar surface area (TPSA) is 76.5 Å². The van der Waals surface area contributed by atoms with Crippen LogP contribution in [0.3, 0.4) is 0 Å². The fraction of sp³-hybridized carbons (Fsp3) is 0.421. The number of piperidine rings is 1. The molecule has 8 heteroatoms. The van der Waals surface area contributed by atoms with Crippen molar-refractivity contribution in [3.63, 3.8) is 0 Å². The molecule has 2 heterocycles. The fourth-order valence-corrected chi connectivity index (χ4v) is 3.39. The predicted octanol–water partition coefficient (Wildman–Crippen LogP) is 3.50. The zero-order valence-corrected chi connectivity index (χ0v) is 16.8. The Labute approximate surface area is 166 Å². The maximum atomic E-state index is 12.7. The lowest BCUT2D eigenvalue weighted by molar-refractivity contribution is -0.121. The van der Waals surface area contributed by atoms with Gasteiger partial charge in [-0.2, -0.15) is 5.10 Å². The third-order valence-corrected chi connectivity index (χ3v) is 5.06. The standard InChI is InChI=1S/C19H23BrN4O3/c1-2-27-19(26)23-11-3-4-15(13-23)18(25)22-17-9-10-21-24(17)12-14-5-7-16(20)8-6-14/h5-10,15H,2-4,11-13H2,1H3,(H,22,25). The maximum Gasteiger partial charge on any atom is 0.409 e. The van der Waals surface area contributed by atoms with Gasteiger partial charge in [0.05, 0.1) is 25.3 Å². The molecule has 7 nitrogen and oxygen atoms in total. The number of amides is 2. The highest BCUT2D eigenvalue weighted by Crippen LogP contribution is 2.20. The molecular formula is C19H23BrN4O3. The Bertz CT molecular complexity index is 791. The third kappa shape index (κ3) is 5.09. The Kier molecular flexibility index (Phi) is 6.49. The Morgan fingerprint density at radius 3 is 2.81 bits per heavy atom. The minimum Gasteiger partial charge on any atom is -0.450 e. The first-order chi connectivity index (χ1) is 13.1. The molecule has 1 fully saturated rings. The first kappa shape index (κ1) is 19.4. The molecule has 3 rings (SSSR count). The fourth-order valence-electron chi connectivity index (χ4n) is 3.13. The molecule has 144 valence electrons. The number of nitrogens with zero attached hydrogens (tertiary/aromatic N) is 3. The molecule has 0 radical (unpaired) electrons. The van der Waals surface area contributed by atoms with Crippen LogP contribution in [0.15, 0.2) is 41.0 Å². The summed E-state index contributed by atoms with van der Waals surface area (Å²) in [6.45, 7) is 3.69. The average Bonchev–Trinajstić information content (AvgIpc) is 3.10. The second kappa shape index (κ2) is 9.03. The summed E-state index contributed by atoms with van der Waals surface area (Å²) >= 11 is 3.42. The number of aromatic nitrogens is 2. The van der Waals surface area contributed by atoms with Crippen molar-refractivity contribution in [3.8, 4) is 0 Å². The highest BCUT2D eigenvalue weighted by molar-refractivity contribution is 9.10. The van der Waals surface area contributed by atoms with Crippen LogP contribution in [0.4, 0.5) is 10.6 Å². The number of ether oxygens (including phenoxy) is 1. The van der Waals surface area contributed by atoms with E-state index < -0.39 is 0 Å². The van der Waals surface area contributed by atoms with Crippen LogP contribution in [0, 0.1) is 5.92 Å². The summed E-state index contributed by atoms with van der Waals surface area (Å²) in [5, 5.41) is 7.26. The monoisotopic (exact) mass is 434 g/mol. The van der Waals surface area contributed by atoms with Gasteiger partial charge in [0.25, 0.3) is 0 Å². The van der Waals surface area contributed by atoms with Crippen LogP contribution in [0.1, 0.15) is 25.3 Å². The smallest absolute Gasteiger partial charge is 0.409 e. The number of halogens is 1. The molecular weight excluding hydrogens is 412 g/mol. The molecule has 1 saturated heterocycles. The van der Waals surface area contributed by atoms with E-state index in [2.05, 4.69) is 26.3 Å². The van der Waals surface area contributed by atoms with Crippen molar-refractivity contribution in [3.05, 3.63) is 46.6 Å². The second-order valence-corrected chi connectivity index (χ2v) is 7.39. The van der Waals surface area contributed by atoms with E-state index in [0.717, 1.165) is 22.9 Å². The van der Waals surface area contributed by atoms with E-state index in [1.54, 1.807) is 28.8 Å².